The van der Waals surface area contributed by atoms with E-state index in [1.54, 1.807) is 15.5 Å². The zero-order valence-electron chi connectivity index (χ0n) is 19.5. The van der Waals surface area contributed by atoms with Crippen molar-refractivity contribution in [2.45, 2.75) is 71.4 Å². The first kappa shape index (κ1) is 22.5. The minimum absolute atomic E-state index is 0.0564. The Morgan fingerprint density at radius 2 is 1.88 bits per heavy atom. The molecule has 2 aromatic heterocycles. The second-order valence-corrected chi connectivity index (χ2v) is 9.44. The Balaban J connectivity index is 1.86. The molecule has 4 rings (SSSR count). The molecule has 2 aliphatic rings. The second-order valence-electron chi connectivity index (χ2n) is 9.44. The normalized spacial score (nSPS) is 17.7. The molecule has 0 radical (unpaired) electrons. The number of amides is 1. The molecule has 32 heavy (non-hydrogen) atoms. The van der Waals surface area contributed by atoms with Crippen LogP contribution < -0.4 is 9.80 Å². The van der Waals surface area contributed by atoms with Crippen LogP contribution in [0.1, 0.15) is 70.3 Å². The summed E-state index contributed by atoms with van der Waals surface area (Å²) in [4.78, 5) is 34.5. The number of ketones is 1. The molecular formula is C23H33N5O4. The van der Waals surface area contributed by atoms with E-state index < -0.39 is 11.7 Å². The number of aromatic nitrogens is 3. The zero-order chi connectivity index (χ0) is 22.9. The van der Waals surface area contributed by atoms with Gasteiger partial charge in [0.05, 0.1) is 0 Å². The topological polar surface area (TPSA) is 89.3 Å². The van der Waals surface area contributed by atoms with Crippen LogP contribution in [0.2, 0.25) is 0 Å². The highest BCUT2D eigenvalue weighted by molar-refractivity contribution is 5.95. The molecule has 4 heterocycles. The lowest BCUT2D eigenvalue weighted by atomic mass is 10.1. The average molecular weight is 444 g/mol. The van der Waals surface area contributed by atoms with Gasteiger partial charge in [-0.05, 0) is 46.5 Å². The number of hydrogen-bond acceptors (Lipinski definition) is 7. The van der Waals surface area contributed by atoms with Crippen LogP contribution in [0.25, 0.3) is 5.65 Å². The molecule has 0 saturated carbocycles. The lowest BCUT2D eigenvalue weighted by Gasteiger charge is -2.35. The van der Waals surface area contributed by atoms with Crippen LogP contribution in [0.4, 0.5) is 16.4 Å². The van der Waals surface area contributed by atoms with Gasteiger partial charge < -0.3 is 14.4 Å². The van der Waals surface area contributed by atoms with Gasteiger partial charge in [0, 0.05) is 50.9 Å². The Bertz CT molecular complexity index is 984. The number of carbonyl (C=O) groups is 2. The highest BCUT2D eigenvalue weighted by atomic mass is 16.6. The maximum atomic E-state index is 13.5. The Kier molecular flexibility index (Phi) is 6.37. The first-order valence-corrected chi connectivity index (χ1v) is 11.6. The quantitative estimate of drug-likeness (QED) is 0.649. The Morgan fingerprint density at radius 1 is 1.19 bits per heavy atom. The van der Waals surface area contributed by atoms with Crippen LogP contribution in [-0.2, 0) is 9.47 Å². The summed E-state index contributed by atoms with van der Waals surface area (Å²) < 4.78 is 13.0. The van der Waals surface area contributed by atoms with E-state index in [0.29, 0.717) is 49.6 Å². The molecule has 0 bridgehead atoms. The van der Waals surface area contributed by atoms with Crippen molar-refractivity contribution in [2.75, 3.05) is 36.1 Å². The van der Waals surface area contributed by atoms with Crippen LogP contribution in [0, 0.1) is 0 Å². The molecule has 0 aromatic carbocycles. The number of anilines is 2. The molecule has 9 nitrogen and oxygen atoms in total. The molecular weight excluding hydrogens is 410 g/mol. The van der Waals surface area contributed by atoms with Gasteiger partial charge in [0.2, 0.25) is 0 Å². The first-order valence-electron chi connectivity index (χ1n) is 11.6. The minimum Gasteiger partial charge on any atom is -0.443 e. The van der Waals surface area contributed by atoms with Crippen molar-refractivity contribution in [3.8, 4) is 0 Å². The van der Waals surface area contributed by atoms with E-state index >= 15 is 0 Å². The monoisotopic (exact) mass is 443 g/mol. The molecule has 0 spiro atoms. The predicted molar refractivity (Wildman–Crippen MR) is 122 cm³/mol. The van der Waals surface area contributed by atoms with Gasteiger partial charge in [-0.1, -0.05) is 6.92 Å². The van der Waals surface area contributed by atoms with Gasteiger partial charge in [-0.2, -0.15) is 9.61 Å². The molecule has 0 unspecified atom stereocenters. The molecule has 174 valence electrons. The van der Waals surface area contributed by atoms with Gasteiger partial charge in [0.15, 0.2) is 11.4 Å². The summed E-state index contributed by atoms with van der Waals surface area (Å²) in [7, 11) is 0. The van der Waals surface area contributed by atoms with Crippen molar-refractivity contribution >= 4 is 29.2 Å². The van der Waals surface area contributed by atoms with Crippen LogP contribution in [0.5, 0.6) is 0 Å². The number of ether oxygens (including phenoxy) is 2. The van der Waals surface area contributed by atoms with E-state index in [1.807, 2.05) is 33.8 Å². The Labute approximate surface area is 188 Å². The molecule has 9 heteroatoms. The number of carbonyl (C=O) groups excluding carboxylic acids is 2. The third kappa shape index (κ3) is 4.72. The minimum atomic E-state index is -0.641. The van der Waals surface area contributed by atoms with E-state index in [0.717, 1.165) is 31.7 Å². The van der Waals surface area contributed by atoms with Crippen LogP contribution in [0.15, 0.2) is 12.1 Å². The van der Waals surface area contributed by atoms with Crippen LogP contribution in [-0.4, -0.2) is 64.4 Å². The van der Waals surface area contributed by atoms with Gasteiger partial charge >= 0.3 is 6.09 Å². The maximum absolute atomic E-state index is 13.5. The van der Waals surface area contributed by atoms with Crippen molar-refractivity contribution < 1.29 is 19.1 Å². The fourth-order valence-corrected chi connectivity index (χ4v) is 4.23. The van der Waals surface area contributed by atoms with Gasteiger partial charge in [-0.15, -0.1) is 0 Å². The SMILES string of the molecule is CCC(=O)c1cc2nc(N3CCCC3)cc(N(C(=O)OC(C)(C)C)C3CCOCC3)n2n1. The number of hydrogen-bond donors (Lipinski definition) is 0. The van der Waals surface area contributed by atoms with E-state index in [2.05, 4.69) is 10.00 Å². The van der Waals surface area contributed by atoms with Crippen LogP contribution >= 0.6 is 0 Å². The van der Waals surface area contributed by atoms with Gasteiger partial charge in [-0.25, -0.2) is 9.78 Å². The van der Waals surface area contributed by atoms with Gasteiger partial charge in [-0.3, -0.25) is 9.69 Å². The molecule has 1 amide bonds. The van der Waals surface area contributed by atoms with E-state index in [-0.39, 0.29) is 11.8 Å². The van der Waals surface area contributed by atoms with Gasteiger partial charge in [0.25, 0.3) is 0 Å². The fraction of sp³-hybridized carbons (Fsp3) is 0.652. The molecule has 2 fully saturated rings. The zero-order valence-corrected chi connectivity index (χ0v) is 19.5. The van der Waals surface area contributed by atoms with E-state index in [1.165, 1.54) is 0 Å². The predicted octanol–water partition coefficient (Wildman–Crippen LogP) is 3.84. The molecule has 0 N–H and O–H groups in total. The van der Waals surface area contributed by atoms with Gasteiger partial charge in [0.1, 0.15) is 22.9 Å². The smallest absolute Gasteiger partial charge is 0.416 e. The largest absolute Gasteiger partial charge is 0.443 e. The molecule has 0 aliphatic carbocycles. The Morgan fingerprint density at radius 3 is 2.50 bits per heavy atom. The highest BCUT2D eigenvalue weighted by Crippen LogP contribution is 2.30. The Hall–Kier alpha value is -2.68. The number of fused-ring (bicyclic) bond motifs is 1. The highest BCUT2D eigenvalue weighted by Gasteiger charge is 2.34. The average Bonchev–Trinajstić information content (AvgIpc) is 3.42. The summed E-state index contributed by atoms with van der Waals surface area (Å²) in [6.07, 6.45) is 3.54. The van der Waals surface area contributed by atoms with E-state index in [4.69, 9.17) is 14.5 Å². The maximum Gasteiger partial charge on any atom is 0.416 e. The third-order valence-corrected chi connectivity index (χ3v) is 5.82. The molecule has 2 saturated heterocycles. The fourth-order valence-electron chi connectivity index (χ4n) is 4.23. The third-order valence-electron chi connectivity index (χ3n) is 5.82. The summed E-state index contributed by atoms with van der Waals surface area (Å²) in [6, 6.07) is 3.53. The standard InChI is InChI=1S/C23H33N5O4/c1-5-18(29)17-14-20-24-19(26-10-6-7-11-26)15-21(28(20)25-17)27(16-8-12-31-13-9-16)22(30)32-23(2,3)4/h14-16H,5-13H2,1-4H3. The first-order chi connectivity index (χ1) is 15.3. The summed E-state index contributed by atoms with van der Waals surface area (Å²) in [5, 5.41) is 4.55. The van der Waals surface area contributed by atoms with Crippen LogP contribution in [0.3, 0.4) is 0 Å². The summed E-state index contributed by atoms with van der Waals surface area (Å²) >= 11 is 0. The summed E-state index contributed by atoms with van der Waals surface area (Å²) in [5.74, 6) is 1.31. The molecule has 2 aromatic rings. The summed E-state index contributed by atoms with van der Waals surface area (Å²) in [6.45, 7) is 10.4. The number of Topliss-reactive ketones (excluding diaryl/α,β-unsaturated/α-hetero) is 1. The number of rotatable bonds is 5. The van der Waals surface area contributed by atoms with Crippen molar-refractivity contribution in [1.82, 2.24) is 14.6 Å². The van der Waals surface area contributed by atoms with Crippen molar-refractivity contribution in [3.63, 3.8) is 0 Å². The molecule has 2 aliphatic heterocycles. The molecule has 0 atom stereocenters. The van der Waals surface area contributed by atoms with Crippen molar-refractivity contribution in [1.29, 1.82) is 0 Å². The summed E-state index contributed by atoms with van der Waals surface area (Å²) in [5.41, 5.74) is 0.274. The second kappa shape index (κ2) is 9.05. The lowest BCUT2D eigenvalue weighted by Crippen LogP contribution is -2.47. The van der Waals surface area contributed by atoms with Crippen molar-refractivity contribution in [2.24, 2.45) is 0 Å². The lowest BCUT2D eigenvalue weighted by molar-refractivity contribution is 0.0484. The van der Waals surface area contributed by atoms with E-state index in [9.17, 15) is 9.59 Å². The van der Waals surface area contributed by atoms with Crippen molar-refractivity contribution in [3.05, 3.63) is 17.8 Å². The number of nitrogens with zero attached hydrogens (tertiary/aromatic N) is 5.